The van der Waals surface area contributed by atoms with E-state index in [1.54, 1.807) is 20.3 Å². The van der Waals surface area contributed by atoms with Gasteiger partial charge in [0.1, 0.15) is 24.8 Å². The summed E-state index contributed by atoms with van der Waals surface area (Å²) in [5, 5.41) is 12.8. The monoisotopic (exact) mass is 422 g/mol. The standard InChI is InChI=1S/C25H27NO5/c1-29-23-12-17-10-11-26(21(14-25(28)31-3)19(17)13-24(23)30-2)15-20-18-7-5-4-6-16(18)8-9-22(20)27/h4-9,12-13,21,27H,10-11,14-15H2,1-3H3/p+1/t21-/m0/s1. The molecule has 6 nitrogen and oxygen atoms in total. The van der Waals surface area contributed by atoms with Gasteiger partial charge in [-0.25, -0.2) is 0 Å². The summed E-state index contributed by atoms with van der Waals surface area (Å²) in [5.41, 5.74) is 3.10. The van der Waals surface area contributed by atoms with Crippen molar-refractivity contribution in [3.63, 3.8) is 0 Å². The van der Waals surface area contributed by atoms with Crippen molar-refractivity contribution in [1.29, 1.82) is 0 Å². The predicted molar refractivity (Wildman–Crippen MR) is 118 cm³/mol. The van der Waals surface area contributed by atoms with Crippen LogP contribution in [0.4, 0.5) is 0 Å². The normalized spacial score (nSPS) is 17.8. The smallest absolute Gasteiger partial charge is 0.311 e. The summed E-state index contributed by atoms with van der Waals surface area (Å²) in [6.07, 6.45) is 1.09. The molecule has 0 fully saturated rings. The lowest BCUT2D eigenvalue weighted by Gasteiger charge is -2.34. The Hall–Kier alpha value is -3.25. The Labute approximate surface area is 182 Å². The van der Waals surface area contributed by atoms with E-state index in [4.69, 9.17) is 14.2 Å². The number of fused-ring (bicyclic) bond motifs is 2. The summed E-state index contributed by atoms with van der Waals surface area (Å²) >= 11 is 0. The molecule has 0 radical (unpaired) electrons. The highest BCUT2D eigenvalue weighted by molar-refractivity contribution is 5.87. The first-order chi connectivity index (χ1) is 15.0. The fourth-order valence-corrected chi connectivity index (χ4v) is 4.62. The molecule has 0 spiro atoms. The van der Waals surface area contributed by atoms with E-state index in [-0.39, 0.29) is 24.2 Å². The molecule has 0 amide bonds. The Kier molecular flexibility index (Phi) is 6.00. The molecule has 162 valence electrons. The van der Waals surface area contributed by atoms with Crippen LogP contribution in [-0.2, 0) is 22.5 Å². The summed E-state index contributed by atoms with van der Waals surface area (Å²) in [5.74, 6) is 1.35. The van der Waals surface area contributed by atoms with Crippen LogP contribution in [0.1, 0.15) is 29.2 Å². The Morgan fingerprint density at radius 2 is 1.81 bits per heavy atom. The number of hydrogen-bond donors (Lipinski definition) is 2. The molecule has 0 bridgehead atoms. The van der Waals surface area contributed by atoms with E-state index in [0.29, 0.717) is 18.0 Å². The highest BCUT2D eigenvalue weighted by Crippen LogP contribution is 2.35. The molecule has 6 heteroatoms. The van der Waals surface area contributed by atoms with E-state index in [1.807, 2.05) is 42.5 Å². The Bertz CT molecular complexity index is 1110. The summed E-state index contributed by atoms with van der Waals surface area (Å²) < 4.78 is 16.0. The van der Waals surface area contributed by atoms with Gasteiger partial charge in [0.05, 0.1) is 33.4 Å². The van der Waals surface area contributed by atoms with Gasteiger partial charge in [-0.15, -0.1) is 0 Å². The SMILES string of the molecule is COC(=O)C[C@H]1c2cc(OC)c(OC)cc2CC[NH+]1Cc1c(O)ccc2ccccc12. The summed E-state index contributed by atoms with van der Waals surface area (Å²) in [6.45, 7) is 1.43. The maximum Gasteiger partial charge on any atom is 0.311 e. The zero-order valence-corrected chi connectivity index (χ0v) is 18.1. The number of carbonyl (C=O) groups excluding carboxylic acids is 1. The molecular weight excluding hydrogens is 394 g/mol. The fourth-order valence-electron chi connectivity index (χ4n) is 4.62. The third kappa shape index (κ3) is 4.03. The van der Waals surface area contributed by atoms with Gasteiger partial charge < -0.3 is 24.2 Å². The van der Waals surface area contributed by atoms with E-state index in [0.717, 1.165) is 40.4 Å². The van der Waals surface area contributed by atoms with E-state index in [1.165, 1.54) is 12.0 Å². The molecule has 0 saturated carbocycles. The molecule has 3 aromatic carbocycles. The number of benzene rings is 3. The minimum absolute atomic E-state index is 0.116. The second-order valence-corrected chi connectivity index (χ2v) is 7.86. The molecule has 0 aromatic heterocycles. The number of aromatic hydroxyl groups is 1. The largest absolute Gasteiger partial charge is 0.507 e. The molecule has 2 N–H and O–H groups in total. The molecule has 3 aromatic rings. The fraction of sp³-hybridized carbons (Fsp3) is 0.320. The third-order valence-corrected chi connectivity index (χ3v) is 6.25. The zero-order valence-electron chi connectivity index (χ0n) is 18.1. The minimum Gasteiger partial charge on any atom is -0.507 e. The maximum absolute atomic E-state index is 12.3. The van der Waals surface area contributed by atoms with Crippen molar-refractivity contribution in [2.24, 2.45) is 0 Å². The number of hydrogen-bond acceptors (Lipinski definition) is 5. The number of methoxy groups -OCH3 is 3. The third-order valence-electron chi connectivity index (χ3n) is 6.25. The van der Waals surface area contributed by atoms with Crippen LogP contribution in [0.2, 0.25) is 0 Å². The van der Waals surface area contributed by atoms with Crippen LogP contribution in [-0.4, -0.2) is 38.9 Å². The highest BCUT2D eigenvalue weighted by Gasteiger charge is 2.35. The zero-order chi connectivity index (χ0) is 22.0. The molecule has 2 atom stereocenters. The van der Waals surface area contributed by atoms with Crippen molar-refractivity contribution < 1.29 is 29.0 Å². The number of phenolic OH excluding ortho intramolecular Hbond substituents is 1. The van der Waals surface area contributed by atoms with E-state index in [2.05, 4.69) is 0 Å². The first kappa shape index (κ1) is 21.0. The van der Waals surface area contributed by atoms with Gasteiger partial charge in [-0.05, 0) is 34.5 Å². The van der Waals surface area contributed by atoms with E-state index >= 15 is 0 Å². The quantitative estimate of drug-likeness (QED) is 0.598. The lowest BCUT2D eigenvalue weighted by Crippen LogP contribution is -3.12. The molecule has 31 heavy (non-hydrogen) atoms. The van der Waals surface area contributed by atoms with Crippen LogP contribution in [0.15, 0.2) is 48.5 Å². The molecule has 0 aliphatic carbocycles. The molecule has 1 heterocycles. The average Bonchev–Trinajstić information content (AvgIpc) is 2.81. The second kappa shape index (κ2) is 8.86. The van der Waals surface area contributed by atoms with Crippen LogP contribution >= 0.6 is 0 Å². The Morgan fingerprint density at radius 3 is 2.55 bits per heavy atom. The van der Waals surface area contributed by atoms with Gasteiger partial charge in [-0.3, -0.25) is 4.79 Å². The molecule has 4 rings (SSSR count). The summed E-state index contributed by atoms with van der Waals surface area (Å²) in [7, 11) is 4.65. The first-order valence-corrected chi connectivity index (χ1v) is 10.4. The van der Waals surface area contributed by atoms with Crippen molar-refractivity contribution in [3.8, 4) is 17.2 Å². The van der Waals surface area contributed by atoms with Gasteiger partial charge in [-0.2, -0.15) is 0 Å². The topological polar surface area (TPSA) is 69.4 Å². The predicted octanol–water partition coefficient (Wildman–Crippen LogP) is 2.81. The first-order valence-electron chi connectivity index (χ1n) is 10.4. The van der Waals surface area contributed by atoms with Crippen molar-refractivity contribution >= 4 is 16.7 Å². The van der Waals surface area contributed by atoms with Gasteiger partial charge in [0.2, 0.25) is 0 Å². The number of carbonyl (C=O) groups is 1. The van der Waals surface area contributed by atoms with Crippen molar-refractivity contribution in [2.75, 3.05) is 27.9 Å². The summed E-state index contributed by atoms with van der Waals surface area (Å²) in [6, 6.07) is 15.6. The maximum atomic E-state index is 12.3. The van der Waals surface area contributed by atoms with E-state index in [9.17, 15) is 9.90 Å². The van der Waals surface area contributed by atoms with Crippen LogP contribution in [0.5, 0.6) is 17.2 Å². The molecule has 1 unspecified atom stereocenters. The highest BCUT2D eigenvalue weighted by atomic mass is 16.5. The number of esters is 1. The van der Waals surface area contributed by atoms with Gasteiger partial charge in [-0.1, -0.05) is 30.3 Å². The molecule has 1 aliphatic heterocycles. The summed E-state index contributed by atoms with van der Waals surface area (Å²) in [4.78, 5) is 13.5. The second-order valence-electron chi connectivity index (χ2n) is 7.86. The molecule has 0 saturated heterocycles. The van der Waals surface area contributed by atoms with E-state index < -0.39 is 0 Å². The van der Waals surface area contributed by atoms with Gasteiger partial charge in [0, 0.05) is 12.0 Å². The van der Waals surface area contributed by atoms with Crippen molar-refractivity contribution in [2.45, 2.75) is 25.4 Å². The minimum atomic E-state index is -0.257. The van der Waals surface area contributed by atoms with Crippen LogP contribution in [0.3, 0.4) is 0 Å². The Balaban J connectivity index is 1.76. The number of ether oxygens (including phenoxy) is 3. The average molecular weight is 423 g/mol. The van der Waals surface area contributed by atoms with Crippen molar-refractivity contribution in [1.82, 2.24) is 0 Å². The van der Waals surface area contributed by atoms with Crippen LogP contribution in [0.25, 0.3) is 10.8 Å². The van der Waals surface area contributed by atoms with Gasteiger partial charge in [0.25, 0.3) is 0 Å². The van der Waals surface area contributed by atoms with Crippen molar-refractivity contribution in [3.05, 3.63) is 65.2 Å². The Morgan fingerprint density at radius 1 is 1.06 bits per heavy atom. The van der Waals surface area contributed by atoms with Crippen LogP contribution < -0.4 is 14.4 Å². The lowest BCUT2D eigenvalue weighted by atomic mass is 9.89. The van der Waals surface area contributed by atoms with Gasteiger partial charge >= 0.3 is 5.97 Å². The molecular formula is C25H28NO5+. The lowest BCUT2D eigenvalue weighted by molar-refractivity contribution is -0.946. The molecule has 1 aliphatic rings. The van der Waals surface area contributed by atoms with Gasteiger partial charge in [0.15, 0.2) is 11.5 Å². The number of quaternary nitrogens is 1. The number of phenols is 1. The van der Waals surface area contributed by atoms with Crippen LogP contribution in [0, 0.1) is 0 Å². The number of nitrogens with one attached hydrogen (secondary N) is 1. The number of rotatable bonds is 6.